The van der Waals surface area contributed by atoms with Gasteiger partial charge in [0.05, 0.1) is 6.61 Å². The third-order valence-corrected chi connectivity index (χ3v) is 10.5. The maximum atomic E-state index is 11.8. The average molecular weight is 412 g/mol. The van der Waals surface area contributed by atoms with Crippen molar-refractivity contribution in [3.8, 4) is 0 Å². The van der Waals surface area contributed by atoms with Crippen molar-refractivity contribution in [2.75, 3.05) is 12.3 Å². The van der Waals surface area contributed by atoms with Crippen LogP contribution in [0.15, 0.2) is 4.79 Å². The number of rotatable bonds is 4. The minimum absolute atomic E-state index is 0.0960. The van der Waals surface area contributed by atoms with Gasteiger partial charge in [0.1, 0.15) is 41.6 Å². The van der Waals surface area contributed by atoms with Gasteiger partial charge in [-0.05, 0) is 38.9 Å². The smallest absolute Gasteiger partial charge is 0.270 e. The van der Waals surface area contributed by atoms with Gasteiger partial charge in [-0.25, -0.2) is 4.98 Å². The summed E-state index contributed by atoms with van der Waals surface area (Å²) in [5.41, 5.74) is 6.55. The van der Waals surface area contributed by atoms with Crippen molar-refractivity contribution in [3.05, 3.63) is 21.7 Å². The van der Waals surface area contributed by atoms with Gasteiger partial charge < -0.3 is 29.4 Å². The quantitative estimate of drug-likeness (QED) is 0.733. The Morgan fingerprint density at radius 3 is 2.46 bits per heavy atom. The predicted octanol–water partition coefficient (Wildman–Crippen LogP) is 2.64. The van der Waals surface area contributed by atoms with Crippen molar-refractivity contribution in [1.29, 1.82) is 0 Å². The lowest BCUT2D eigenvalue weighted by Crippen LogP contribution is -2.44. The van der Waals surface area contributed by atoms with Crippen molar-refractivity contribution in [3.63, 3.8) is 0 Å². The van der Waals surface area contributed by atoms with Crippen LogP contribution in [0.3, 0.4) is 0 Å². The number of aromatic nitrogens is 2. The number of H-pyrrole nitrogens is 1. The minimum Gasteiger partial charge on any atom is -0.414 e. The summed E-state index contributed by atoms with van der Waals surface area (Å²) in [4.78, 5) is 18.8. The van der Waals surface area contributed by atoms with Gasteiger partial charge in [-0.2, -0.15) is 0 Å². The van der Waals surface area contributed by atoms with Crippen LogP contribution in [0.5, 0.6) is 0 Å². The number of ether oxygens (including phenoxy) is 3. The second-order valence-electron chi connectivity index (χ2n) is 9.68. The van der Waals surface area contributed by atoms with E-state index in [1.165, 1.54) is 0 Å². The average Bonchev–Trinajstić information content (AvgIpc) is 3.01. The van der Waals surface area contributed by atoms with Crippen molar-refractivity contribution >= 4 is 14.1 Å². The van der Waals surface area contributed by atoms with Crippen LogP contribution in [-0.2, 0) is 18.6 Å². The molecule has 3 N–H and O–H groups in total. The first-order chi connectivity index (χ1) is 12.7. The minimum atomic E-state index is -1.94. The first-order valence-corrected chi connectivity index (χ1v) is 12.6. The molecule has 1 aromatic heterocycles. The highest BCUT2D eigenvalue weighted by Gasteiger charge is 2.57. The number of fused-ring (bicyclic) bond motifs is 1. The van der Waals surface area contributed by atoms with Crippen LogP contribution >= 0.6 is 0 Å². The van der Waals surface area contributed by atoms with Gasteiger partial charge in [-0.3, -0.25) is 4.79 Å². The molecule has 3 rings (SSSR count). The molecule has 0 aromatic carbocycles. The third-order valence-electron chi connectivity index (χ3n) is 5.97. The number of nitrogens with one attached hydrogen (secondary N) is 1. The molecule has 9 heteroatoms. The summed E-state index contributed by atoms with van der Waals surface area (Å²) in [6, 6.07) is 0. The van der Waals surface area contributed by atoms with E-state index in [4.69, 9.17) is 24.4 Å². The van der Waals surface area contributed by atoms with Crippen molar-refractivity contribution in [1.82, 2.24) is 9.97 Å². The Balaban J connectivity index is 1.87. The number of nitrogens with two attached hydrogens (primary N) is 1. The van der Waals surface area contributed by atoms with Gasteiger partial charge in [0.15, 0.2) is 14.1 Å². The van der Waals surface area contributed by atoms with Crippen LogP contribution in [-0.4, -0.2) is 49.0 Å². The Hall–Kier alpha value is -1.26. The molecule has 28 heavy (non-hydrogen) atoms. The van der Waals surface area contributed by atoms with Crippen LogP contribution < -0.4 is 11.3 Å². The van der Waals surface area contributed by atoms with Crippen molar-refractivity contribution in [2.24, 2.45) is 0 Å². The molecule has 4 atom stereocenters. The van der Waals surface area contributed by atoms with E-state index in [0.29, 0.717) is 18.0 Å². The van der Waals surface area contributed by atoms with E-state index in [-0.39, 0.29) is 34.7 Å². The number of aromatic amines is 1. The highest BCUT2D eigenvalue weighted by Crippen LogP contribution is 2.46. The summed E-state index contributed by atoms with van der Waals surface area (Å²) in [5, 5.41) is 0.0960. The predicted molar refractivity (Wildman–Crippen MR) is 109 cm³/mol. The van der Waals surface area contributed by atoms with E-state index >= 15 is 0 Å². The number of nitrogens with zero attached hydrogens (tertiary/aromatic N) is 1. The Morgan fingerprint density at radius 2 is 1.86 bits per heavy atom. The fourth-order valence-electron chi connectivity index (χ4n) is 3.33. The number of anilines is 1. The molecule has 1 aromatic rings. The van der Waals surface area contributed by atoms with E-state index < -0.39 is 20.2 Å². The van der Waals surface area contributed by atoms with E-state index in [1.54, 1.807) is 6.92 Å². The molecular formula is C19H33N3O5Si. The lowest BCUT2D eigenvalue weighted by molar-refractivity contribution is -0.190. The monoisotopic (exact) mass is 411 g/mol. The Morgan fingerprint density at radius 1 is 1.25 bits per heavy atom. The standard InChI is InChI=1S/C19H33N3O5Si/c1-10-17(23)22-16(20)12(21-10)14-15-13(26-19(5,6)27-15)11(25-14)9-24-28(7,8)18(2,3)4/h11,13-15H,9H2,1-8H3,(H3,20,22,23)/t11-,13-,14+,15-/m1/s1. The first-order valence-electron chi connectivity index (χ1n) is 9.73. The lowest BCUT2D eigenvalue weighted by Gasteiger charge is -2.37. The van der Waals surface area contributed by atoms with E-state index in [2.05, 4.69) is 43.8 Å². The number of aryl methyl sites for hydroxylation is 1. The molecule has 0 unspecified atom stereocenters. The maximum absolute atomic E-state index is 11.8. The molecule has 0 bridgehead atoms. The molecule has 158 valence electrons. The van der Waals surface area contributed by atoms with Crippen LogP contribution in [0.4, 0.5) is 5.82 Å². The Labute approximate surface area is 167 Å². The largest absolute Gasteiger partial charge is 0.414 e. The number of nitrogen functional groups attached to an aromatic ring is 1. The first kappa shape index (κ1) is 21.4. The fourth-order valence-corrected chi connectivity index (χ4v) is 4.34. The molecule has 2 aliphatic heterocycles. The molecule has 8 nitrogen and oxygen atoms in total. The molecule has 0 aliphatic carbocycles. The zero-order valence-corrected chi connectivity index (χ0v) is 19.1. The van der Waals surface area contributed by atoms with Gasteiger partial charge in [-0.15, -0.1) is 0 Å². The van der Waals surface area contributed by atoms with Crippen LogP contribution in [0.2, 0.25) is 18.1 Å². The molecular weight excluding hydrogens is 378 g/mol. The van der Waals surface area contributed by atoms with Crippen molar-refractivity contribution < 1.29 is 18.6 Å². The molecule has 0 spiro atoms. The van der Waals surface area contributed by atoms with Crippen molar-refractivity contribution in [2.45, 2.75) is 89.9 Å². The zero-order chi connectivity index (χ0) is 21.1. The molecule has 2 aliphatic rings. The van der Waals surface area contributed by atoms with E-state index in [1.807, 2.05) is 13.8 Å². The highest BCUT2D eigenvalue weighted by molar-refractivity contribution is 6.74. The summed E-state index contributed by atoms with van der Waals surface area (Å²) in [6.07, 6.45) is -1.50. The maximum Gasteiger partial charge on any atom is 0.270 e. The second-order valence-corrected chi connectivity index (χ2v) is 14.5. The number of hydrogen-bond donors (Lipinski definition) is 2. The van der Waals surface area contributed by atoms with E-state index in [9.17, 15) is 4.79 Å². The van der Waals surface area contributed by atoms with E-state index in [0.717, 1.165) is 0 Å². The summed E-state index contributed by atoms with van der Waals surface area (Å²) < 4.78 is 24.9. The van der Waals surface area contributed by atoms with Crippen LogP contribution in [0.1, 0.15) is 52.1 Å². The normalized spacial score (nSPS) is 29.9. The third kappa shape index (κ3) is 3.91. The summed E-state index contributed by atoms with van der Waals surface area (Å²) >= 11 is 0. The van der Waals surface area contributed by atoms with Crippen LogP contribution in [0, 0.1) is 6.92 Å². The van der Waals surface area contributed by atoms with Gasteiger partial charge in [0.2, 0.25) is 0 Å². The summed E-state index contributed by atoms with van der Waals surface area (Å²) in [6.45, 7) is 16.8. The lowest BCUT2D eigenvalue weighted by atomic mass is 10.1. The highest BCUT2D eigenvalue weighted by atomic mass is 28.4. The van der Waals surface area contributed by atoms with Gasteiger partial charge in [-0.1, -0.05) is 20.8 Å². The van der Waals surface area contributed by atoms with Crippen LogP contribution in [0.25, 0.3) is 0 Å². The Kier molecular flexibility index (Phi) is 5.29. The SMILES string of the molecule is Cc1nc([C@@H]2O[C@H](CO[Si](C)(C)C(C)(C)C)[C@H]3OC(C)(C)O[C@H]32)c(N)[nH]c1=O. The summed E-state index contributed by atoms with van der Waals surface area (Å²) in [5.74, 6) is -0.544. The molecule has 0 amide bonds. The molecule has 0 radical (unpaired) electrons. The molecule has 3 heterocycles. The second kappa shape index (κ2) is 6.91. The molecule has 0 saturated carbocycles. The molecule has 2 fully saturated rings. The van der Waals surface area contributed by atoms with Gasteiger partial charge in [0, 0.05) is 0 Å². The van der Waals surface area contributed by atoms with Gasteiger partial charge >= 0.3 is 0 Å². The zero-order valence-electron chi connectivity index (χ0n) is 18.1. The van der Waals surface area contributed by atoms with Gasteiger partial charge in [0.25, 0.3) is 5.56 Å². The Bertz CT molecular complexity index is 802. The summed E-state index contributed by atoms with van der Waals surface area (Å²) in [7, 11) is -1.94. The molecule has 2 saturated heterocycles. The number of hydrogen-bond acceptors (Lipinski definition) is 7. The topological polar surface area (TPSA) is 109 Å². The fraction of sp³-hybridized carbons (Fsp3) is 0.789.